The monoisotopic (exact) mass is 359 g/mol. The number of hydrogen-bond acceptors (Lipinski definition) is 5. The quantitative estimate of drug-likeness (QED) is 0.445. The van der Waals surface area contributed by atoms with Crippen LogP contribution >= 0.6 is 0 Å². The fourth-order valence-corrected chi connectivity index (χ4v) is 2.82. The van der Waals surface area contributed by atoms with Gasteiger partial charge in [0.1, 0.15) is 17.5 Å². The number of halogens is 1. The number of methoxy groups -OCH3 is 1. The van der Waals surface area contributed by atoms with Crippen molar-refractivity contribution >= 4 is 11.8 Å². The van der Waals surface area contributed by atoms with Gasteiger partial charge in [0.05, 0.1) is 13.7 Å². The smallest absolute Gasteiger partial charge is 0.317 e. The van der Waals surface area contributed by atoms with E-state index in [4.69, 9.17) is 15.2 Å². The van der Waals surface area contributed by atoms with E-state index in [0.717, 1.165) is 0 Å². The van der Waals surface area contributed by atoms with Gasteiger partial charge in [0.15, 0.2) is 5.78 Å². The Morgan fingerprint density at radius 2 is 1.85 bits per heavy atom. The first-order valence-electron chi connectivity index (χ1n) is 8.32. The molecule has 0 aliphatic rings. The number of carbonyl (C=O) groups is 2. The van der Waals surface area contributed by atoms with Crippen molar-refractivity contribution in [2.24, 2.45) is 11.7 Å². The molecule has 0 saturated heterocycles. The highest BCUT2D eigenvalue weighted by molar-refractivity contribution is 6.09. The molecule has 0 saturated carbocycles. The molecule has 0 aliphatic carbocycles. The minimum atomic E-state index is -1.16. The van der Waals surface area contributed by atoms with Crippen molar-refractivity contribution in [2.45, 2.75) is 12.8 Å². The summed E-state index contributed by atoms with van der Waals surface area (Å²) >= 11 is 0. The largest absolute Gasteiger partial charge is 0.497 e. The molecule has 0 radical (unpaired) electrons. The Kier molecular flexibility index (Phi) is 6.86. The maximum atomic E-state index is 13.6. The van der Waals surface area contributed by atoms with Gasteiger partial charge in [0.2, 0.25) is 0 Å². The number of benzene rings is 2. The van der Waals surface area contributed by atoms with E-state index >= 15 is 0 Å². The molecule has 2 aromatic rings. The molecule has 2 atom stereocenters. The molecule has 0 bridgehead atoms. The molecular weight excluding hydrogens is 337 g/mol. The Balaban J connectivity index is 2.43. The van der Waals surface area contributed by atoms with Crippen LogP contribution < -0.4 is 10.5 Å². The van der Waals surface area contributed by atoms with Crippen LogP contribution in [0.2, 0.25) is 0 Å². The summed E-state index contributed by atoms with van der Waals surface area (Å²) in [4.78, 5) is 25.6. The van der Waals surface area contributed by atoms with Crippen molar-refractivity contribution in [3.8, 4) is 5.75 Å². The Bertz CT molecular complexity index is 761. The third-order valence-corrected chi connectivity index (χ3v) is 4.13. The molecule has 26 heavy (non-hydrogen) atoms. The van der Waals surface area contributed by atoms with Gasteiger partial charge in [-0.1, -0.05) is 12.1 Å². The zero-order valence-electron chi connectivity index (χ0n) is 14.8. The molecule has 138 valence electrons. The van der Waals surface area contributed by atoms with Crippen molar-refractivity contribution in [2.75, 3.05) is 20.3 Å². The zero-order valence-corrected chi connectivity index (χ0v) is 14.8. The van der Waals surface area contributed by atoms with Crippen molar-refractivity contribution in [1.29, 1.82) is 0 Å². The summed E-state index contributed by atoms with van der Waals surface area (Å²) in [6, 6.07) is 12.2. The van der Waals surface area contributed by atoms with Gasteiger partial charge < -0.3 is 15.2 Å². The molecule has 2 rings (SSSR count). The van der Waals surface area contributed by atoms with E-state index in [9.17, 15) is 14.0 Å². The number of carbonyl (C=O) groups excluding carboxylic acids is 2. The summed E-state index contributed by atoms with van der Waals surface area (Å²) in [6.07, 6.45) is 0. The normalized spacial score (nSPS) is 12.9. The van der Waals surface area contributed by atoms with E-state index in [0.29, 0.717) is 16.9 Å². The topological polar surface area (TPSA) is 78.6 Å². The summed E-state index contributed by atoms with van der Waals surface area (Å²) < 4.78 is 23.8. The number of ketones is 1. The third kappa shape index (κ3) is 4.46. The van der Waals surface area contributed by atoms with Gasteiger partial charge in [-0.25, -0.2) is 4.39 Å². The predicted molar refractivity (Wildman–Crippen MR) is 95.6 cm³/mol. The number of Topliss-reactive ketones (excluding diaryl/α,β-unsaturated/α-hetero) is 1. The molecule has 2 aromatic carbocycles. The fraction of sp³-hybridized carbons (Fsp3) is 0.300. The Morgan fingerprint density at radius 3 is 2.38 bits per heavy atom. The summed E-state index contributed by atoms with van der Waals surface area (Å²) in [5, 5.41) is 0. The average Bonchev–Trinajstić information content (AvgIpc) is 2.65. The van der Waals surface area contributed by atoms with Crippen LogP contribution in [0.5, 0.6) is 5.75 Å². The first kappa shape index (κ1) is 19.6. The second kappa shape index (κ2) is 9.10. The lowest BCUT2D eigenvalue weighted by Crippen LogP contribution is -2.35. The highest BCUT2D eigenvalue weighted by atomic mass is 19.1. The highest BCUT2D eigenvalue weighted by Crippen LogP contribution is 2.29. The van der Waals surface area contributed by atoms with Crippen molar-refractivity contribution in [3.05, 3.63) is 65.5 Å². The molecule has 0 spiro atoms. The van der Waals surface area contributed by atoms with Crippen LogP contribution in [0, 0.1) is 11.7 Å². The minimum Gasteiger partial charge on any atom is -0.497 e. The van der Waals surface area contributed by atoms with Gasteiger partial charge in [-0.3, -0.25) is 9.59 Å². The summed E-state index contributed by atoms with van der Waals surface area (Å²) in [5.41, 5.74) is 6.66. The molecule has 0 fully saturated rings. The van der Waals surface area contributed by atoms with Crippen molar-refractivity contribution < 1.29 is 23.5 Å². The van der Waals surface area contributed by atoms with Crippen LogP contribution in [0.1, 0.15) is 28.8 Å². The lowest BCUT2D eigenvalue weighted by atomic mass is 9.81. The lowest BCUT2D eigenvalue weighted by molar-refractivity contribution is -0.146. The van der Waals surface area contributed by atoms with Gasteiger partial charge in [0.25, 0.3) is 0 Å². The molecule has 5 nitrogen and oxygen atoms in total. The fourth-order valence-electron chi connectivity index (χ4n) is 2.82. The standard InChI is InChI=1S/C20H22FNO4/c1-3-26-20(24)18(17(12-22)14-5-4-6-15(21)11-14)19(23)13-7-9-16(25-2)10-8-13/h4-11,17-18H,3,12,22H2,1-2H3. The van der Waals surface area contributed by atoms with Crippen LogP contribution in [0.25, 0.3) is 0 Å². The number of hydrogen-bond donors (Lipinski definition) is 1. The van der Waals surface area contributed by atoms with E-state index in [1.165, 1.54) is 25.3 Å². The first-order chi connectivity index (χ1) is 12.5. The highest BCUT2D eigenvalue weighted by Gasteiger charge is 2.37. The molecule has 0 aliphatic heterocycles. The summed E-state index contributed by atoms with van der Waals surface area (Å²) in [5.74, 6) is -2.82. The van der Waals surface area contributed by atoms with Crippen LogP contribution in [-0.4, -0.2) is 32.0 Å². The SMILES string of the molecule is CCOC(=O)C(C(=O)c1ccc(OC)cc1)C(CN)c1cccc(F)c1. The van der Waals surface area contributed by atoms with E-state index in [1.54, 1.807) is 37.3 Å². The number of rotatable bonds is 8. The molecule has 2 unspecified atom stereocenters. The second-order valence-electron chi connectivity index (χ2n) is 5.72. The van der Waals surface area contributed by atoms with E-state index in [2.05, 4.69) is 0 Å². The summed E-state index contributed by atoms with van der Waals surface area (Å²) in [7, 11) is 1.52. The Labute approximate surface area is 151 Å². The maximum Gasteiger partial charge on any atom is 0.317 e. The molecular formula is C20H22FNO4. The Morgan fingerprint density at radius 1 is 1.15 bits per heavy atom. The maximum absolute atomic E-state index is 13.6. The van der Waals surface area contributed by atoms with Crippen LogP contribution in [-0.2, 0) is 9.53 Å². The van der Waals surface area contributed by atoms with E-state index < -0.39 is 29.4 Å². The van der Waals surface area contributed by atoms with Gasteiger partial charge in [-0.15, -0.1) is 0 Å². The van der Waals surface area contributed by atoms with Crippen molar-refractivity contribution in [3.63, 3.8) is 0 Å². The number of ether oxygens (including phenoxy) is 2. The zero-order chi connectivity index (χ0) is 19.1. The van der Waals surface area contributed by atoms with Gasteiger partial charge >= 0.3 is 5.97 Å². The first-order valence-corrected chi connectivity index (χ1v) is 8.32. The van der Waals surface area contributed by atoms with Gasteiger partial charge in [0, 0.05) is 18.0 Å². The molecule has 6 heteroatoms. The second-order valence-corrected chi connectivity index (χ2v) is 5.72. The molecule has 2 N–H and O–H groups in total. The van der Waals surface area contributed by atoms with E-state index in [-0.39, 0.29) is 13.2 Å². The van der Waals surface area contributed by atoms with Crippen molar-refractivity contribution in [1.82, 2.24) is 0 Å². The number of esters is 1. The average molecular weight is 359 g/mol. The third-order valence-electron chi connectivity index (χ3n) is 4.13. The molecule has 0 heterocycles. The Hall–Kier alpha value is -2.73. The number of nitrogens with two attached hydrogens (primary N) is 1. The lowest BCUT2D eigenvalue weighted by Gasteiger charge is -2.24. The molecule has 0 amide bonds. The van der Waals surface area contributed by atoms with Gasteiger partial charge in [-0.2, -0.15) is 0 Å². The predicted octanol–water partition coefficient (Wildman–Crippen LogP) is 2.94. The van der Waals surface area contributed by atoms with Crippen LogP contribution in [0.15, 0.2) is 48.5 Å². The molecule has 0 aromatic heterocycles. The van der Waals surface area contributed by atoms with Gasteiger partial charge in [-0.05, 0) is 48.9 Å². The van der Waals surface area contributed by atoms with E-state index in [1.807, 2.05) is 0 Å². The van der Waals surface area contributed by atoms with Crippen LogP contribution in [0.4, 0.5) is 4.39 Å². The minimum absolute atomic E-state index is 0.00513. The summed E-state index contributed by atoms with van der Waals surface area (Å²) in [6.45, 7) is 1.78. The van der Waals surface area contributed by atoms with Crippen LogP contribution in [0.3, 0.4) is 0 Å².